The topological polar surface area (TPSA) is 57.6 Å². The molecule has 6 heteroatoms. The van der Waals surface area contributed by atoms with E-state index in [0.29, 0.717) is 17.9 Å². The Labute approximate surface area is 220 Å². The van der Waals surface area contributed by atoms with Gasteiger partial charge in [0.05, 0.1) is 16.6 Å². The maximum atomic E-state index is 12.2. The summed E-state index contributed by atoms with van der Waals surface area (Å²) in [6.07, 6.45) is 3.21. The predicted molar refractivity (Wildman–Crippen MR) is 150 cm³/mol. The zero-order valence-electron chi connectivity index (χ0n) is 21.4. The molecule has 0 atom stereocenters. The maximum Gasteiger partial charge on any atom is 0.156 e. The molecule has 0 spiro atoms. The van der Waals surface area contributed by atoms with Crippen molar-refractivity contribution in [2.45, 2.75) is 63.1 Å². The summed E-state index contributed by atoms with van der Waals surface area (Å²) < 4.78 is 24.3. The first-order valence-corrected chi connectivity index (χ1v) is 14.8. The zero-order valence-corrected chi connectivity index (χ0v) is 22.9. The summed E-state index contributed by atoms with van der Waals surface area (Å²) in [6.45, 7) is 7.21. The van der Waals surface area contributed by atoms with Crippen LogP contribution in [0.15, 0.2) is 66.7 Å². The minimum Gasteiger partial charge on any atom is -0.385 e. The molecule has 3 aromatic carbocycles. The van der Waals surface area contributed by atoms with Crippen LogP contribution < -0.4 is 4.90 Å². The molecule has 1 fully saturated rings. The number of hydrogen-bond donors (Lipinski definition) is 1. The van der Waals surface area contributed by atoms with Crippen molar-refractivity contribution < 1.29 is 13.5 Å². The van der Waals surface area contributed by atoms with Crippen LogP contribution in [0.1, 0.15) is 54.5 Å². The number of piperidine rings is 1. The van der Waals surface area contributed by atoms with Gasteiger partial charge in [-0.1, -0.05) is 60.1 Å². The third-order valence-corrected chi connectivity index (χ3v) is 9.81. The lowest BCUT2D eigenvalue weighted by molar-refractivity contribution is 0.0117. The Bertz CT molecular complexity index is 1280. The Balaban J connectivity index is 1.33. The molecule has 0 aliphatic carbocycles. The number of aliphatic hydroxyl groups is 1. The highest BCUT2D eigenvalue weighted by molar-refractivity contribution is 7.91. The van der Waals surface area contributed by atoms with Crippen molar-refractivity contribution in [3.8, 4) is 0 Å². The third kappa shape index (κ3) is 6.31. The van der Waals surface area contributed by atoms with Gasteiger partial charge in [0.15, 0.2) is 9.84 Å². The standard InChI is InChI=1S/C30H36ClNO3S/c1-22(2)36(34,35)21-26-8-5-24(6-9-26)4-7-25-10-15-29(23(3)20-25)32-18-16-30(33,17-19-32)27-11-13-28(31)14-12-27/h5-6,8-15,20,22,33H,4,7,16-19,21H2,1-3H3. The van der Waals surface area contributed by atoms with E-state index in [0.717, 1.165) is 37.1 Å². The number of halogens is 1. The number of sulfone groups is 1. The second-order valence-corrected chi connectivity index (χ2v) is 13.3. The molecule has 1 saturated heterocycles. The summed E-state index contributed by atoms with van der Waals surface area (Å²) in [6, 6.07) is 22.2. The molecule has 0 amide bonds. The van der Waals surface area contributed by atoms with Crippen molar-refractivity contribution in [3.63, 3.8) is 0 Å². The van der Waals surface area contributed by atoms with Crippen LogP contribution in [-0.4, -0.2) is 31.9 Å². The molecular formula is C30H36ClNO3S. The van der Waals surface area contributed by atoms with E-state index < -0.39 is 15.4 Å². The fourth-order valence-electron chi connectivity index (χ4n) is 4.88. The molecule has 1 aliphatic heterocycles. The van der Waals surface area contributed by atoms with Crippen LogP contribution in [0.4, 0.5) is 5.69 Å². The monoisotopic (exact) mass is 525 g/mol. The van der Waals surface area contributed by atoms with E-state index in [1.165, 1.54) is 22.4 Å². The number of benzene rings is 3. The molecule has 0 radical (unpaired) electrons. The Morgan fingerprint density at radius 2 is 1.44 bits per heavy atom. The van der Waals surface area contributed by atoms with Crippen molar-refractivity contribution in [2.75, 3.05) is 18.0 Å². The van der Waals surface area contributed by atoms with Crippen LogP contribution in [-0.2, 0) is 34.0 Å². The molecular weight excluding hydrogens is 490 g/mol. The number of anilines is 1. The summed E-state index contributed by atoms with van der Waals surface area (Å²) in [4.78, 5) is 2.37. The quantitative estimate of drug-likeness (QED) is 0.378. The van der Waals surface area contributed by atoms with E-state index >= 15 is 0 Å². The average molecular weight is 526 g/mol. The highest BCUT2D eigenvalue weighted by atomic mass is 35.5. The summed E-state index contributed by atoms with van der Waals surface area (Å²) >= 11 is 6.01. The fourth-order valence-corrected chi connectivity index (χ4v) is 6.00. The van der Waals surface area contributed by atoms with Crippen LogP contribution >= 0.6 is 11.6 Å². The first kappa shape index (κ1) is 26.7. The fraction of sp³-hybridized carbons (Fsp3) is 0.400. The molecule has 4 nitrogen and oxygen atoms in total. The smallest absolute Gasteiger partial charge is 0.156 e. The van der Waals surface area contributed by atoms with Gasteiger partial charge < -0.3 is 10.0 Å². The van der Waals surface area contributed by atoms with Gasteiger partial charge in [0.1, 0.15) is 0 Å². The minimum absolute atomic E-state index is 0.0964. The predicted octanol–water partition coefficient (Wildman–Crippen LogP) is 6.24. The normalized spacial score (nSPS) is 15.9. The number of nitrogens with zero attached hydrogens (tertiary/aromatic N) is 1. The Hall–Kier alpha value is -2.34. The molecule has 0 aromatic heterocycles. The van der Waals surface area contributed by atoms with Crippen LogP contribution in [0.2, 0.25) is 5.02 Å². The minimum atomic E-state index is -3.08. The molecule has 36 heavy (non-hydrogen) atoms. The van der Waals surface area contributed by atoms with Crippen molar-refractivity contribution in [1.29, 1.82) is 0 Å². The van der Waals surface area contributed by atoms with Crippen LogP contribution in [0.3, 0.4) is 0 Å². The third-order valence-electron chi connectivity index (χ3n) is 7.39. The van der Waals surface area contributed by atoms with Crippen molar-refractivity contribution in [3.05, 3.63) is 99.6 Å². The van der Waals surface area contributed by atoms with E-state index in [1.807, 2.05) is 48.5 Å². The Morgan fingerprint density at radius 1 is 0.889 bits per heavy atom. The number of rotatable bonds is 8. The average Bonchev–Trinajstić information content (AvgIpc) is 2.84. The zero-order chi connectivity index (χ0) is 25.9. The van der Waals surface area contributed by atoms with Crippen molar-refractivity contribution in [1.82, 2.24) is 0 Å². The molecule has 192 valence electrons. The Morgan fingerprint density at radius 3 is 2.03 bits per heavy atom. The highest BCUT2D eigenvalue weighted by Gasteiger charge is 2.34. The van der Waals surface area contributed by atoms with Gasteiger partial charge in [0.25, 0.3) is 0 Å². The molecule has 0 saturated carbocycles. The lowest BCUT2D eigenvalue weighted by atomic mass is 9.84. The number of aryl methyl sites for hydroxylation is 3. The van der Waals surface area contributed by atoms with Gasteiger partial charge in [-0.05, 0) is 92.5 Å². The summed E-state index contributed by atoms with van der Waals surface area (Å²) in [5.74, 6) is 0.0964. The van der Waals surface area contributed by atoms with Gasteiger partial charge in [-0.25, -0.2) is 8.42 Å². The van der Waals surface area contributed by atoms with E-state index in [9.17, 15) is 13.5 Å². The number of hydrogen-bond acceptors (Lipinski definition) is 4. The van der Waals surface area contributed by atoms with Crippen LogP contribution in [0.5, 0.6) is 0 Å². The van der Waals surface area contributed by atoms with Crippen molar-refractivity contribution in [2.24, 2.45) is 0 Å². The Kier molecular flexibility index (Phi) is 8.13. The van der Waals surface area contributed by atoms with Gasteiger partial charge in [-0.3, -0.25) is 0 Å². The summed E-state index contributed by atoms with van der Waals surface area (Å²) in [5, 5.41) is 11.5. The van der Waals surface area contributed by atoms with Gasteiger partial charge in [0.2, 0.25) is 0 Å². The molecule has 1 aliphatic rings. The van der Waals surface area contributed by atoms with E-state index in [4.69, 9.17) is 11.6 Å². The first-order valence-electron chi connectivity index (χ1n) is 12.7. The lowest BCUT2D eigenvalue weighted by Gasteiger charge is -2.40. The van der Waals surface area contributed by atoms with Crippen LogP contribution in [0, 0.1) is 6.92 Å². The molecule has 0 unspecified atom stereocenters. The van der Waals surface area contributed by atoms with Gasteiger partial charge in [0, 0.05) is 23.8 Å². The summed E-state index contributed by atoms with van der Waals surface area (Å²) in [5.41, 5.74) is 5.96. The van der Waals surface area contributed by atoms with E-state index in [1.54, 1.807) is 13.8 Å². The molecule has 3 aromatic rings. The SMILES string of the molecule is Cc1cc(CCc2ccc(CS(=O)(=O)C(C)C)cc2)ccc1N1CCC(O)(c2ccc(Cl)cc2)CC1. The first-order chi connectivity index (χ1) is 17.1. The second-order valence-electron chi connectivity index (χ2n) is 10.3. The lowest BCUT2D eigenvalue weighted by Crippen LogP contribution is -2.42. The van der Waals surface area contributed by atoms with Gasteiger partial charge >= 0.3 is 0 Å². The summed E-state index contributed by atoms with van der Waals surface area (Å²) in [7, 11) is -3.08. The van der Waals surface area contributed by atoms with Gasteiger partial charge in [-0.2, -0.15) is 0 Å². The van der Waals surface area contributed by atoms with E-state index in [2.05, 4.69) is 30.0 Å². The van der Waals surface area contributed by atoms with Crippen molar-refractivity contribution >= 4 is 27.1 Å². The maximum absolute atomic E-state index is 12.2. The highest BCUT2D eigenvalue weighted by Crippen LogP contribution is 2.36. The second kappa shape index (κ2) is 11.0. The molecule has 1 heterocycles. The molecule has 0 bridgehead atoms. The van der Waals surface area contributed by atoms with E-state index in [-0.39, 0.29) is 11.0 Å². The molecule has 4 rings (SSSR count). The molecule has 1 N–H and O–H groups in total. The largest absolute Gasteiger partial charge is 0.385 e. The van der Waals surface area contributed by atoms with Gasteiger partial charge in [-0.15, -0.1) is 0 Å². The van der Waals surface area contributed by atoms with Crippen LogP contribution in [0.25, 0.3) is 0 Å².